The lowest BCUT2D eigenvalue weighted by Crippen LogP contribution is -2.11. The Morgan fingerprint density at radius 2 is 1.95 bits per heavy atom. The van der Waals surface area contributed by atoms with Crippen molar-refractivity contribution in [2.75, 3.05) is 25.6 Å². The minimum absolute atomic E-state index is 0.529. The number of hydrogen-bond acceptors (Lipinski definition) is 3. The molecule has 1 heterocycles. The Bertz CT molecular complexity index is 570. The third-order valence-corrected chi connectivity index (χ3v) is 3.15. The summed E-state index contributed by atoms with van der Waals surface area (Å²) in [5.74, 6) is 1.79. The van der Waals surface area contributed by atoms with Crippen molar-refractivity contribution in [2.45, 2.75) is 13.5 Å². The molecule has 0 fully saturated rings. The Morgan fingerprint density at radius 3 is 2.55 bits per heavy atom. The van der Waals surface area contributed by atoms with Crippen LogP contribution in [0.2, 0.25) is 0 Å². The van der Waals surface area contributed by atoms with E-state index in [9.17, 15) is 0 Å². The van der Waals surface area contributed by atoms with Gasteiger partial charge in [0, 0.05) is 25.2 Å². The van der Waals surface area contributed by atoms with Gasteiger partial charge in [0.15, 0.2) is 5.76 Å². The molecule has 0 aliphatic carbocycles. The van der Waals surface area contributed by atoms with E-state index in [4.69, 9.17) is 9.15 Å². The van der Waals surface area contributed by atoms with E-state index in [1.54, 1.807) is 6.08 Å². The highest BCUT2D eigenvalue weighted by Gasteiger charge is 2.20. The van der Waals surface area contributed by atoms with E-state index in [2.05, 4.69) is 23.6 Å². The maximum Gasteiger partial charge on any atom is 0.157 e. The van der Waals surface area contributed by atoms with Crippen molar-refractivity contribution < 1.29 is 9.15 Å². The number of anilines is 1. The Hall–Kier alpha value is -2.00. The average Bonchev–Trinajstić information content (AvgIpc) is 2.78. The van der Waals surface area contributed by atoms with E-state index >= 15 is 0 Å². The van der Waals surface area contributed by atoms with Gasteiger partial charge in [-0.2, -0.15) is 0 Å². The molecule has 0 spiro atoms. The first-order valence-electron chi connectivity index (χ1n) is 6.68. The summed E-state index contributed by atoms with van der Waals surface area (Å²) in [6.45, 7) is 6.71. The highest BCUT2D eigenvalue weighted by molar-refractivity contribution is 5.77. The first-order valence-corrected chi connectivity index (χ1v) is 6.68. The van der Waals surface area contributed by atoms with Gasteiger partial charge in [0.25, 0.3) is 0 Å². The smallest absolute Gasteiger partial charge is 0.157 e. The molecular formula is C17H21NO2. The molecule has 0 bridgehead atoms. The summed E-state index contributed by atoms with van der Waals surface area (Å²) in [6.07, 6.45) is 1.75. The van der Waals surface area contributed by atoms with Gasteiger partial charge < -0.3 is 14.1 Å². The Kier molecular flexibility index (Phi) is 4.64. The van der Waals surface area contributed by atoms with E-state index in [1.165, 1.54) is 0 Å². The van der Waals surface area contributed by atoms with Gasteiger partial charge in [-0.05, 0) is 6.92 Å². The summed E-state index contributed by atoms with van der Waals surface area (Å²) < 4.78 is 11.6. The van der Waals surface area contributed by atoms with Crippen LogP contribution in [0.5, 0.6) is 0 Å². The predicted octanol–water partition coefficient (Wildman–Crippen LogP) is 4.02. The highest BCUT2D eigenvalue weighted by Crippen LogP contribution is 2.37. The van der Waals surface area contributed by atoms with Crippen LogP contribution < -0.4 is 4.90 Å². The Labute approximate surface area is 120 Å². The average molecular weight is 271 g/mol. The quantitative estimate of drug-likeness (QED) is 0.586. The first-order chi connectivity index (χ1) is 9.65. The number of rotatable bonds is 6. The lowest BCUT2D eigenvalue weighted by molar-refractivity contribution is 0.148. The largest absolute Gasteiger partial charge is 0.459 e. The van der Waals surface area contributed by atoms with Gasteiger partial charge in [0.1, 0.15) is 5.76 Å². The summed E-state index contributed by atoms with van der Waals surface area (Å²) in [5, 5.41) is 0. The van der Waals surface area contributed by atoms with Crippen LogP contribution >= 0.6 is 0 Å². The first kappa shape index (κ1) is 14.4. The fourth-order valence-electron chi connectivity index (χ4n) is 2.24. The predicted molar refractivity (Wildman–Crippen MR) is 83.1 cm³/mol. The molecule has 3 nitrogen and oxygen atoms in total. The summed E-state index contributed by atoms with van der Waals surface area (Å²) in [5.41, 5.74) is 3.25. The fraction of sp³-hybridized carbons (Fsp3) is 0.294. The lowest BCUT2D eigenvalue weighted by Gasteiger charge is -2.15. The van der Waals surface area contributed by atoms with E-state index in [0.29, 0.717) is 13.2 Å². The minimum atomic E-state index is 0.529. The Morgan fingerprint density at radius 1 is 1.25 bits per heavy atom. The van der Waals surface area contributed by atoms with Crippen molar-refractivity contribution in [3.8, 4) is 11.3 Å². The molecule has 3 heteroatoms. The second-order valence-electron chi connectivity index (χ2n) is 4.88. The maximum absolute atomic E-state index is 5.98. The van der Waals surface area contributed by atoms with Crippen LogP contribution in [0.1, 0.15) is 11.3 Å². The standard InChI is InChI=1S/C17H21NO2/c1-5-11-19-12-15-13(2)20-17(16(15)18(3)4)14-9-7-6-8-10-14/h5-10H,1,11-12H2,2-4H3. The van der Waals surface area contributed by atoms with Crippen molar-refractivity contribution >= 4 is 5.69 Å². The van der Waals surface area contributed by atoms with E-state index < -0.39 is 0 Å². The number of furan rings is 1. The van der Waals surface area contributed by atoms with E-state index in [-0.39, 0.29) is 0 Å². The summed E-state index contributed by atoms with van der Waals surface area (Å²) >= 11 is 0. The molecule has 1 aromatic carbocycles. The van der Waals surface area contributed by atoms with Gasteiger partial charge in [-0.3, -0.25) is 0 Å². The van der Waals surface area contributed by atoms with E-state index in [0.717, 1.165) is 28.3 Å². The minimum Gasteiger partial charge on any atom is -0.459 e. The molecule has 106 valence electrons. The van der Waals surface area contributed by atoms with Gasteiger partial charge in [-0.25, -0.2) is 0 Å². The molecule has 0 saturated heterocycles. The van der Waals surface area contributed by atoms with Crippen LogP contribution in [-0.4, -0.2) is 20.7 Å². The summed E-state index contributed by atoms with van der Waals surface area (Å²) in [6, 6.07) is 10.1. The number of hydrogen-bond donors (Lipinski definition) is 0. The molecule has 20 heavy (non-hydrogen) atoms. The molecule has 1 aromatic heterocycles. The topological polar surface area (TPSA) is 25.6 Å². The zero-order valence-electron chi connectivity index (χ0n) is 12.3. The third-order valence-electron chi connectivity index (χ3n) is 3.15. The molecule has 0 saturated carbocycles. The molecule has 0 radical (unpaired) electrons. The van der Waals surface area contributed by atoms with Crippen LogP contribution in [0.25, 0.3) is 11.3 Å². The number of aryl methyl sites for hydroxylation is 1. The van der Waals surface area contributed by atoms with Crippen LogP contribution in [-0.2, 0) is 11.3 Å². The Balaban J connectivity index is 2.43. The van der Waals surface area contributed by atoms with Gasteiger partial charge >= 0.3 is 0 Å². The van der Waals surface area contributed by atoms with Crippen LogP contribution in [0, 0.1) is 6.92 Å². The number of nitrogens with zero attached hydrogens (tertiary/aromatic N) is 1. The normalized spacial score (nSPS) is 10.6. The van der Waals surface area contributed by atoms with Crippen molar-refractivity contribution in [1.82, 2.24) is 0 Å². The molecule has 0 aliphatic rings. The fourth-order valence-corrected chi connectivity index (χ4v) is 2.24. The zero-order chi connectivity index (χ0) is 14.5. The summed E-state index contributed by atoms with van der Waals surface area (Å²) in [7, 11) is 4.04. The van der Waals surface area contributed by atoms with Crippen molar-refractivity contribution in [2.24, 2.45) is 0 Å². The maximum atomic E-state index is 5.98. The second kappa shape index (κ2) is 6.44. The highest BCUT2D eigenvalue weighted by atomic mass is 16.5. The van der Waals surface area contributed by atoms with Crippen LogP contribution in [0.15, 0.2) is 47.4 Å². The molecule has 0 aliphatic heterocycles. The van der Waals surface area contributed by atoms with Gasteiger partial charge in [-0.15, -0.1) is 6.58 Å². The van der Waals surface area contributed by atoms with Crippen molar-refractivity contribution in [1.29, 1.82) is 0 Å². The van der Waals surface area contributed by atoms with Crippen molar-refractivity contribution in [3.63, 3.8) is 0 Å². The van der Waals surface area contributed by atoms with Crippen molar-refractivity contribution in [3.05, 3.63) is 54.3 Å². The molecular weight excluding hydrogens is 250 g/mol. The van der Waals surface area contributed by atoms with Crippen LogP contribution in [0.3, 0.4) is 0 Å². The number of ether oxygens (including phenoxy) is 1. The third kappa shape index (κ3) is 2.94. The zero-order valence-corrected chi connectivity index (χ0v) is 12.3. The van der Waals surface area contributed by atoms with E-state index in [1.807, 2.05) is 39.2 Å². The lowest BCUT2D eigenvalue weighted by atomic mass is 10.1. The number of benzene rings is 1. The molecule has 0 amide bonds. The molecule has 2 aromatic rings. The molecule has 2 rings (SSSR count). The second-order valence-corrected chi connectivity index (χ2v) is 4.88. The van der Waals surface area contributed by atoms with Gasteiger partial charge in [0.2, 0.25) is 0 Å². The summed E-state index contributed by atoms with van der Waals surface area (Å²) in [4.78, 5) is 2.07. The molecule has 0 N–H and O–H groups in total. The van der Waals surface area contributed by atoms with Gasteiger partial charge in [-0.1, -0.05) is 36.4 Å². The van der Waals surface area contributed by atoms with Crippen LogP contribution in [0.4, 0.5) is 5.69 Å². The molecule has 0 unspecified atom stereocenters. The SMILES string of the molecule is C=CCOCc1c(C)oc(-c2ccccc2)c1N(C)C. The monoisotopic (exact) mass is 271 g/mol. The van der Waals surface area contributed by atoms with Gasteiger partial charge in [0.05, 0.1) is 18.9 Å². The molecule has 0 atom stereocenters.